The summed E-state index contributed by atoms with van der Waals surface area (Å²) in [5, 5.41) is 5.73. The van der Waals surface area contributed by atoms with Crippen LogP contribution in [0, 0.1) is 5.92 Å². The Bertz CT molecular complexity index is 644. The van der Waals surface area contributed by atoms with Crippen LogP contribution in [0.25, 0.3) is 0 Å². The zero-order valence-corrected chi connectivity index (χ0v) is 14.6. The molecule has 1 saturated carbocycles. The molecule has 25 heavy (non-hydrogen) atoms. The van der Waals surface area contributed by atoms with Gasteiger partial charge in [-0.05, 0) is 49.9 Å². The minimum atomic E-state index is -0.139. The third-order valence-electron chi connectivity index (χ3n) is 5.06. The molecular weight excluding hydrogens is 318 g/mol. The SMILES string of the molecule is CC(=O)Nc1ccc(C(=O)NC2CCN(C(=O)C3CCC3)CC2)cc1. The summed E-state index contributed by atoms with van der Waals surface area (Å²) in [5.41, 5.74) is 1.24. The predicted octanol–water partition coefficient (Wildman–Crippen LogP) is 2.17. The normalized spacial score (nSPS) is 18.4. The largest absolute Gasteiger partial charge is 0.349 e. The molecule has 0 bridgehead atoms. The van der Waals surface area contributed by atoms with Crippen molar-refractivity contribution in [1.82, 2.24) is 10.2 Å². The number of likely N-dealkylation sites (tertiary alicyclic amines) is 1. The molecule has 1 aliphatic carbocycles. The number of piperidine rings is 1. The van der Waals surface area contributed by atoms with E-state index in [1.165, 1.54) is 13.3 Å². The van der Waals surface area contributed by atoms with Crippen LogP contribution in [0.5, 0.6) is 0 Å². The van der Waals surface area contributed by atoms with Crippen molar-refractivity contribution in [3.8, 4) is 0 Å². The lowest BCUT2D eigenvalue weighted by Crippen LogP contribution is -2.48. The van der Waals surface area contributed by atoms with Crippen LogP contribution >= 0.6 is 0 Å². The van der Waals surface area contributed by atoms with Gasteiger partial charge in [-0.1, -0.05) is 6.42 Å². The van der Waals surface area contributed by atoms with E-state index in [0.29, 0.717) is 17.2 Å². The van der Waals surface area contributed by atoms with Crippen LogP contribution in [0.15, 0.2) is 24.3 Å². The van der Waals surface area contributed by atoms with Gasteiger partial charge >= 0.3 is 0 Å². The number of carbonyl (C=O) groups is 3. The smallest absolute Gasteiger partial charge is 0.251 e. The predicted molar refractivity (Wildman–Crippen MR) is 95.2 cm³/mol. The van der Waals surface area contributed by atoms with Crippen LogP contribution < -0.4 is 10.6 Å². The van der Waals surface area contributed by atoms with Crippen LogP contribution in [-0.4, -0.2) is 41.8 Å². The van der Waals surface area contributed by atoms with Gasteiger partial charge in [-0.25, -0.2) is 0 Å². The summed E-state index contributed by atoms with van der Waals surface area (Å²) in [6.45, 7) is 2.90. The summed E-state index contributed by atoms with van der Waals surface area (Å²) < 4.78 is 0. The Balaban J connectivity index is 1.47. The van der Waals surface area contributed by atoms with Crippen LogP contribution in [0.1, 0.15) is 49.4 Å². The van der Waals surface area contributed by atoms with Crippen LogP contribution in [0.4, 0.5) is 5.69 Å². The number of hydrogen-bond acceptors (Lipinski definition) is 3. The van der Waals surface area contributed by atoms with Crippen molar-refractivity contribution in [3.05, 3.63) is 29.8 Å². The molecule has 3 amide bonds. The van der Waals surface area contributed by atoms with Gasteiger partial charge in [0.05, 0.1) is 0 Å². The number of rotatable bonds is 4. The zero-order chi connectivity index (χ0) is 17.8. The van der Waals surface area contributed by atoms with Crippen LogP contribution in [-0.2, 0) is 9.59 Å². The summed E-state index contributed by atoms with van der Waals surface area (Å²) in [4.78, 5) is 37.6. The zero-order valence-electron chi connectivity index (χ0n) is 14.6. The van der Waals surface area contributed by atoms with E-state index >= 15 is 0 Å². The van der Waals surface area contributed by atoms with Crippen molar-refractivity contribution >= 4 is 23.4 Å². The molecule has 6 nitrogen and oxygen atoms in total. The lowest BCUT2D eigenvalue weighted by Gasteiger charge is -2.36. The highest BCUT2D eigenvalue weighted by atomic mass is 16.2. The minimum Gasteiger partial charge on any atom is -0.349 e. The second kappa shape index (κ2) is 7.68. The molecule has 2 N–H and O–H groups in total. The number of carbonyl (C=O) groups excluding carboxylic acids is 3. The van der Waals surface area contributed by atoms with Crippen LogP contribution in [0.2, 0.25) is 0 Å². The highest BCUT2D eigenvalue weighted by molar-refractivity contribution is 5.95. The van der Waals surface area contributed by atoms with E-state index < -0.39 is 0 Å². The van der Waals surface area contributed by atoms with E-state index in [2.05, 4.69) is 10.6 Å². The van der Waals surface area contributed by atoms with Crippen molar-refractivity contribution in [1.29, 1.82) is 0 Å². The average Bonchev–Trinajstić information content (AvgIpc) is 2.54. The molecule has 2 aliphatic rings. The fourth-order valence-electron chi connectivity index (χ4n) is 3.33. The standard InChI is InChI=1S/C19H25N3O3/c1-13(23)20-16-7-5-14(6-8-16)18(24)21-17-9-11-22(12-10-17)19(25)15-3-2-4-15/h5-8,15,17H,2-4,9-12H2,1H3,(H,20,23)(H,21,24). The van der Waals surface area contributed by atoms with Crippen molar-refractivity contribution in [2.45, 2.75) is 45.1 Å². The van der Waals surface area contributed by atoms with E-state index in [4.69, 9.17) is 0 Å². The van der Waals surface area contributed by atoms with E-state index in [0.717, 1.165) is 38.8 Å². The Labute approximate surface area is 148 Å². The summed E-state index contributed by atoms with van der Waals surface area (Å²) in [5.74, 6) is 0.288. The molecule has 1 aromatic carbocycles. The minimum absolute atomic E-state index is 0.105. The molecule has 0 atom stereocenters. The molecule has 1 saturated heterocycles. The molecule has 0 radical (unpaired) electrons. The molecular formula is C19H25N3O3. The monoisotopic (exact) mass is 343 g/mol. The maximum absolute atomic E-state index is 12.3. The van der Waals surface area contributed by atoms with Gasteiger partial charge in [-0.3, -0.25) is 14.4 Å². The van der Waals surface area contributed by atoms with E-state index in [9.17, 15) is 14.4 Å². The third kappa shape index (κ3) is 4.38. The van der Waals surface area contributed by atoms with Gasteiger partial charge in [-0.15, -0.1) is 0 Å². The van der Waals surface area contributed by atoms with Gasteiger partial charge in [-0.2, -0.15) is 0 Å². The average molecular weight is 343 g/mol. The lowest BCUT2D eigenvalue weighted by atomic mass is 9.84. The number of hydrogen-bond donors (Lipinski definition) is 2. The topological polar surface area (TPSA) is 78.5 Å². The van der Waals surface area contributed by atoms with Gasteiger partial charge in [0.2, 0.25) is 11.8 Å². The third-order valence-corrected chi connectivity index (χ3v) is 5.06. The van der Waals surface area contributed by atoms with Gasteiger partial charge in [0, 0.05) is 43.2 Å². The maximum Gasteiger partial charge on any atom is 0.251 e. The van der Waals surface area contributed by atoms with Gasteiger partial charge in [0.15, 0.2) is 0 Å². The number of anilines is 1. The first-order chi connectivity index (χ1) is 12.0. The number of benzene rings is 1. The Hall–Kier alpha value is -2.37. The van der Waals surface area contributed by atoms with Gasteiger partial charge in [0.1, 0.15) is 0 Å². The first-order valence-electron chi connectivity index (χ1n) is 9.00. The molecule has 6 heteroatoms. The van der Waals surface area contributed by atoms with Crippen LogP contribution in [0.3, 0.4) is 0 Å². The van der Waals surface area contributed by atoms with Gasteiger partial charge in [0.25, 0.3) is 5.91 Å². The molecule has 0 unspecified atom stereocenters. The van der Waals surface area contributed by atoms with Gasteiger partial charge < -0.3 is 15.5 Å². The van der Waals surface area contributed by atoms with E-state index in [1.807, 2.05) is 4.90 Å². The molecule has 1 aromatic rings. The molecule has 0 spiro atoms. The fourth-order valence-corrected chi connectivity index (χ4v) is 3.33. The number of amides is 3. The Morgan fingerprint density at radius 1 is 1.00 bits per heavy atom. The summed E-state index contributed by atoms with van der Waals surface area (Å²) in [6, 6.07) is 6.95. The Morgan fingerprint density at radius 2 is 1.64 bits per heavy atom. The van der Waals surface area contributed by atoms with Crippen molar-refractivity contribution < 1.29 is 14.4 Å². The maximum atomic E-state index is 12.3. The highest BCUT2D eigenvalue weighted by Gasteiger charge is 2.31. The first-order valence-corrected chi connectivity index (χ1v) is 9.00. The lowest BCUT2D eigenvalue weighted by molar-refractivity contribution is -0.139. The molecule has 2 fully saturated rings. The molecule has 0 aromatic heterocycles. The Morgan fingerprint density at radius 3 is 2.16 bits per heavy atom. The van der Waals surface area contributed by atoms with Crippen molar-refractivity contribution in [2.24, 2.45) is 5.92 Å². The fraction of sp³-hybridized carbons (Fsp3) is 0.526. The second-order valence-electron chi connectivity index (χ2n) is 6.96. The van der Waals surface area contributed by atoms with Crippen molar-refractivity contribution in [2.75, 3.05) is 18.4 Å². The summed E-state index contributed by atoms with van der Waals surface area (Å²) >= 11 is 0. The summed E-state index contributed by atoms with van der Waals surface area (Å²) in [6.07, 6.45) is 4.83. The second-order valence-corrected chi connectivity index (χ2v) is 6.96. The molecule has 134 valence electrons. The first kappa shape index (κ1) is 17.5. The number of nitrogens with one attached hydrogen (secondary N) is 2. The molecule has 3 rings (SSSR count). The quantitative estimate of drug-likeness (QED) is 0.879. The van der Waals surface area contributed by atoms with Crippen molar-refractivity contribution in [3.63, 3.8) is 0 Å². The highest BCUT2D eigenvalue weighted by Crippen LogP contribution is 2.29. The van der Waals surface area contributed by atoms with E-state index in [1.54, 1.807) is 24.3 Å². The van der Waals surface area contributed by atoms with E-state index in [-0.39, 0.29) is 23.8 Å². The summed E-state index contributed by atoms with van der Waals surface area (Å²) in [7, 11) is 0. The number of nitrogens with zero attached hydrogens (tertiary/aromatic N) is 1. The molecule has 1 aliphatic heterocycles. The molecule has 1 heterocycles. The Kier molecular flexibility index (Phi) is 5.36.